The van der Waals surface area contributed by atoms with Crippen molar-refractivity contribution in [2.45, 2.75) is 80.3 Å². The number of nitrogens with zero attached hydrogens (tertiary/aromatic N) is 1. The van der Waals surface area contributed by atoms with Crippen molar-refractivity contribution in [3.63, 3.8) is 0 Å². The third kappa shape index (κ3) is 7.62. The summed E-state index contributed by atoms with van der Waals surface area (Å²) >= 11 is 0. The number of imide groups is 1. The summed E-state index contributed by atoms with van der Waals surface area (Å²) in [6, 6.07) is 0.273. The van der Waals surface area contributed by atoms with Crippen molar-refractivity contribution >= 4 is 17.7 Å². The van der Waals surface area contributed by atoms with Crippen LogP contribution in [0.3, 0.4) is 0 Å². The molecule has 1 unspecified atom stereocenters. The largest absolute Gasteiger partial charge is 0.354 e. The highest BCUT2D eigenvalue weighted by molar-refractivity contribution is 6.03. The van der Waals surface area contributed by atoms with Gasteiger partial charge in [0.25, 0.3) is 0 Å². The van der Waals surface area contributed by atoms with E-state index in [-0.39, 0.29) is 41.6 Å². The molecule has 0 aliphatic carbocycles. The van der Waals surface area contributed by atoms with Crippen LogP contribution in [0, 0.1) is 17.8 Å². The van der Waals surface area contributed by atoms with Gasteiger partial charge in [0.2, 0.25) is 17.7 Å². The van der Waals surface area contributed by atoms with Crippen molar-refractivity contribution in [3.05, 3.63) is 0 Å². The van der Waals surface area contributed by atoms with E-state index >= 15 is 0 Å². The maximum Gasteiger partial charge on any atom is 0.233 e. The molecule has 1 aliphatic heterocycles. The number of nitrogens with one attached hydrogen (secondary N) is 1. The number of amides is 3. The normalized spacial score (nSPS) is 18.1. The number of carbonyl (C=O) groups excluding carboxylic acids is 3. The predicted octanol–water partition coefficient (Wildman–Crippen LogP) is 2.98. The first-order chi connectivity index (χ1) is 10.5. The van der Waals surface area contributed by atoms with E-state index in [1.807, 2.05) is 55.4 Å². The Morgan fingerprint density at radius 2 is 1.61 bits per heavy atom. The number of carbonyl (C=O) groups is 3. The molecule has 3 amide bonds. The van der Waals surface area contributed by atoms with Gasteiger partial charge in [-0.1, -0.05) is 27.7 Å². The highest BCUT2D eigenvalue weighted by atomic mass is 16.2. The summed E-state index contributed by atoms with van der Waals surface area (Å²) in [5, 5.41) is 2.84. The fourth-order valence-electron chi connectivity index (χ4n) is 2.49. The molecule has 23 heavy (non-hydrogen) atoms. The smallest absolute Gasteiger partial charge is 0.233 e. The van der Waals surface area contributed by atoms with Gasteiger partial charge in [-0.05, 0) is 39.5 Å². The fraction of sp³-hybridized carbons (Fsp3) is 0.833. The highest BCUT2D eigenvalue weighted by Gasteiger charge is 2.40. The lowest BCUT2D eigenvalue weighted by molar-refractivity contribution is -0.141. The topological polar surface area (TPSA) is 66.5 Å². The van der Waals surface area contributed by atoms with E-state index in [1.165, 1.54) is 4.90 Å². The quantitative estimate of drug-likeness (QED) is 0.790. The van der Waals surface area contributed by atoms with Crippen LogP contribution in [0.2, 0.25) is 0 Å². The van der Waals surface area contributed by atoms with Crippen molar-refractivity contribution in [3.8, 4) is 0 Å². The zero-order valence-corrected chi connectivity index (χ0v) is 16.0. The van der Waals surface area contributed by atoms with E-state index in [4.69, 9.17) is 0 Å². The van der Waals surface area contributed by atoms with Crippen molar-refractivity contribution in [2.75, 3.05) is 0 Å². The first-order valence-corrected chi connectivity index (χ1v) is 8.62. The molecule has 1 fully saturated rings. The monoisotopic (exact) mass is 326 g/mol. The molecule has 1 aliphatic rings. The molecule has 1 atom stereocenters. The van der Waals surface area contributed by atoms with Gasteiger partial charge in [-0.25, -0.2) is 0 Å². The van der Waals surface area contributed by atoms with Crippen LogP contribution in [0.4, 0.5) is 0 Å². The van der Waals surface area contributed by atoms with Crippen molar-refractivity contribution in [1.29, 1.82) is 0 Å². The third-order valence-electron chi connectivity index (χ3n) is 3.58. The van der Waals surface area contributed by atoms with Crippen molar-refractivity contribution < 1.29 is 14.4 Å². The van der Waals surface area contributed by atoms with Gasteiger partial charge in [-0.15, -0.1) is 0 Å². The average molecular weight is 326 g/mol. The number of hydrogen-bond acceptors (Lipinski definition) is 3. The molecular weight excluding hydrogens is 292 g/mol. The molecule has 0 aromatic rings. The number of rotatable bonds is 5. The molecule has 1 rings (SSSR count). The van der Waals surface area contributed by atoms with E-state index < -0.39 is 0 Å². The van der Waals surface area contributed by atoms with Crippen LogP contribution < -0.4 is 5.32 Å². The Labute approximate surface area is 141 Å². The van der Waals surface area contributed by atoms with Crippen LogP contribution in [-0.2, 0) is 14.4 Å². The maximum atomic E-state index is 11.7. The lowest BCUT2D eigenvalue weighted by atomic mass is 9.94. The van der Waals surface area contributed by atoms with Crippen LogP contribution in [0.15, 0.2) is 0 Å². The van der Waals surface area contributed by atoms with Gasteiger partial charge in [0.05, 0.1) is 0 Å². The summed E-state index contributed by atoms with van der Waals surface area (Å²) in [6.45, 7) is 15.7. The van der Waals surface area contributed by atoms with E-state index in [2.05, 4.69) is 5.32 Å². The SMILES string of the molecule is CC(C)C1CC(=O)N(C(C)C)C1=O.CC(C)CC(=O)NC(C)C. The van der Waals surface area contributed by atoms with Gasteiger partial charge in [-0.2, -0.15) is 0 Å². The summed E-state index contributed by atoms with van der Waals surface area (Å²) in [4.78, 5) is 35.5. The summed E-state index contributed by atoms with van der Waals surface area (Å²) in [7, 11) is 0. The molecule has 0 aromatic carbocycles. The zero-order chi connectivity index (χ0) is 18.3. The van der Waals surface area contributed by atoms with Crippen LogP contribution >= 0.6 is 0 Å². The Balaban J connectivity index is 0.000000438. The fourth-order valence-corrected chi connectivity index (χ4v) is 2.49. The van der Waals surface area contributed by atoms with Crippen LogP contribution in [-0.4, -0.2) is 34.7 Å². The van der Waals surface area contributed by atoms with E-state index in [0.717, 1.165) is 0 Å². The van der Waals surface area contributed by atoms with Gasteiger partial charge in [0, 0.05) is 30.8 Å². The van der Waals surface area contributed by atoms with Crippen LogP contribution in [0.25, 0.3) is 0 Å². The third-order valence-corrected chi connectivity index (χ3v) is 3.58. The second-order valence-corrected chi connectivity index (χ2v) is 7.57. The second kappa shape index (κ2) is 9.68. The molecule has 5 nitrogen and oxygen atoms in total. The molecular formula is C18H34N2O3. The molecule has 1 heterocycles. The Morgan fingerprint density at radius 1 is 1.09 bits per heavy atom. The molecule has 0 aromatic heterocycles. The van der Waals surface area contributed by atoms with E-state index in [1.54, 1.807) is 0 Å². The minimum atomic E-state index is -0.0881. The first-order valence-electron chi connectivity index (χ1n) is 8.62. The minimum absolute atomic E-state index is 0.00347. The summed E-state index contributed by atoms with van der Waals surface area (Å²) in [6.07, 6.45) is 1.03. The van der Waals surface area contributed by atoms with E-state index in [0.29, 0.717) is 18.8 Å². The minimum Gasteiger partial charge on any atom is -0.354 e. The summed E-state index contributed by atoms with van der Waals surface area (Å²) in [5.74, 6) is 0.785. The number of hydrogen-bond donors (Lipinski definition) is 1. The maximum absolute atomic E-state index is 11.7. The predicted molar refractivity (Wildman–Crippen MR) is 92.7 cm³/mol. The molecule has 134 valence electrons. The number of likely N-dealkylation sites (tertiary alicyclic amines) is 1. The van der Waals surface area contributed by atoms with Gasteiger partial charge >= 0.3 is 0 Å². The Kier molecular flexibility index (Phi) is 9.10. The Morgan fingerprint density at radius 3 is 1.87 bits per heavy atom. The average Bonchev–Trinajstić information content (AvgIpc) is 2.63. The molecule has 5 heteroatoms. The first kappa shape index (κ1) is 21.6. The molecule has 1 N–H and O–H groups in total. The van der Waals surface area contributed by atoms with Crippen molar-refractivity contribution in [2.24, 2.45) is 17.8 Å². The molecule has 0 spiro atoms. The van der Waals surface area contributed by atoms with Gasteiger partial charge in [-0.3, -0.25) is 19.3 Å². The van der Waals surface area contributed by atoms with Crippen LogP contribution in [0.1, 0.15) is 68.2 Å². The molecule has 0 bridgehead atoms. The van der Waals surface area contributed by atoms with Gasteiger partial charge in [0.1, 0.15) is 0 Å². The lowest BCUT2D eigenvalue weighted by Gasteiger charge is -2.19. The summed E-state index contributed by atoms with van der Waals surface area (Å²) in [5.41, 5.74) is 0. The Bertz CT molecular complexity index is 402. The summed E-state index contributed by atoms with van der Waals surface area (Å²) < 4.78 is 0. The zero-order valence-electron chi connectivity index (χ0n) is 16.0. The Hall–Kier alpha value is -1.39. The van der Waals surface area contributed by atoms with Crippen LogP contribution in [0.5, 0.6) is 0 Å². The van der Waals surface area contributed by atoms with Gasteiger partial charge < -0.3 is 5.32 Å². The lowest BCUT2D eigenvalue weighted by Crippen LogP contribution is -2.37. The van der Waals surface area contributed by atoms with Gasteiger partial charge in [0.15, 0.2) is 0 Å². The standard InChI is InChI=1S/C10H17NO2.C8H17NO/c1-6(2)8-5-9(12)11(7(3)4)10(8)13;1-6(2)5-8(10)9-7(3)4/h6-8H,5H2,1-4H3;6-7H,5H2,1-4H3,(H,9,10). The second-order valence-electron chi connectivity index (χ2n) is 7.57. The molecule has 0 radical (unpaired) electrons. The highest BCUT2D eigenvalue weighted by Crippen LogP contribution is 2.27. The van der Waals surface area contributed by atoms with Crippen molar-refractivity contribution in [1.82, 2.24) is 10.2 Å². The molecule has 1 saturated heterocycles. The van der Waals surface area contributed by atoms with E-state index in [9.17, 15) is 14.4 Å². The molecule has 0 saturated carbocycles.